The van der Waals surface area contributed by atoms with E-state index in [0.29, 0.717) is 36.5 Å². The molecule has 1 aromatic rings. The highest BCUT2D eigenvalue weighted by Crippen LogP contribution is 2.47. The minimum absolute atomic E-state index is 0. The van der Waals surface area contributed by atoms with E-state index in [2.05, 4.69) is 5.32 Å². The molecule has 2 bridgehead atoms. The summed E-state index contributed by atoms with van der Waals surface area (Å²) >= 11 is 0. The Kier molecular flexibility index (Phi) is 6.35. The van der Waals surface area contributed by atoms with Crippen LogP contribution < -0.4 is 20.5 Å². The second-order valence-electron chi connectivity index (χ2n) is 6.57. The number of methoxy groups -OCH3 is 1. The molecule has 6 heteroatoms. The summed E-state index contributed by atoms with van der Waals surface area (Å²) in [5.74, 6) is 2.51. The second-order valence-corrected chi connectivity index (χ2v) is 6.57. The normalized spacial score (nSPS) is 27.5. The van der Waals surface area contributed by atoms with Crippen molar-refractivity contribution in [2.45, 2.75) is 38.8 Å². The lowest BCUT2D eigenvalue weighted by Crippen LogP contribution is -2.45. The van der Waals surface area contributed by atoms with E-state index < -0.39 is 0 Å². The molecule has 2 saturated carbocycles. The molecule has 1 amide bonds. The number of nitrogens with two attached hydrogens (primary N) is 1. The van der Waals surface area contributed by atoms with Crippen molar-refractivity contribution in [3.05, 3.63) is 23.8 Å². The zero-order valence-corrected chi connectivity index (χ0v) is 15.1. The molecule has 1 aromatic carbocycles. The number of benzene rings is 1. The van der Waals surface area contributed by atoms with Crippen LogP contribution in [0, 0.1) is 17.8 Å². The molecule has 0 spiro atoms. The highest BCUT2D eigenvalue weighted by molar-refractivity contribution is 5.85. The molecule has 0 aliphatic heterocycles. The van der Waals surface area contributed by atoms with Gasteiger partial charge in [-0.15, -0.1) is 12.4 Å². The van der Waals surface area contributed by atoms with Crippen LogP contribution in [0.25, 0.3) is 0 Å². The Bertz CT molecular complexity index is 579. The number of hydrogen-bond acceptors (Lipinski definition) is 4. The lowest BCUT2D eigenvalue weighted by Gasteiger charge is -2.27. The molecule has 4 unspecified atom stereocenters. The van der Waals surface area contributed by atoms with Gasteiger partial charge < -0.3 is 20.5 Å². The number of ether oxygens (including phenoxy) is 2. The van der Waals surface area contributed by atoms with E-state index in [9.17, 15) is 4.79 Å². The third kappa shape index (κ3) is 3.62. The van der Waals surface area contributed by atoms with Gasteiger partial charge in [-0.3, -0.25) is 4.79 Å². The van der Waals surface area contributed by atoms with E-state index in [1.807, 2.05) is 25.1 Å². The largest absolute Gasteiger partial charge is 0.493 e. The van der Waals surface area contributed by atoms with Crippen molar-refractivity contribution < 1.29 is 14.3 Å². The first-order chi connectivity index (χ1) is 11.1. The summed E-state index contributed by atoms with van der Waals surface area (Å²) in [6, 6.07) is 5.77. The van der Waals surface area contributed by atoms with E-state index in [0.717, 1.165) is 18.4 Å². The third-order valence-corrected chi connectivity index (χ3v) is 5.28. The molecule has 0 heterocycles. The summed E-state index contributed by atoms with van der Waals surface area (Å²) in [6.07, 6.45) is 3.45. The smallest absolute Gasteiger partial charge is 0.225 e. The Morgan fingerprint density at radius 2 is 2.04 bits per heavy atom. The minimum Gasteiger partial charge on any atom is -0.493 e. The van der Waals surface area contributed by atoms with Crippen LogP contribution in [0.5, 0.6) is 11.5 Å². The fourth-order valence-electron chi connectivity index (χ4n) is 4.13. The van der Waals surface area contributed by atoms with Gasteiger partial charge in [0.05, 0.1) is 19.6 Å². The number of carbonyl (C=O) groups is 1. The van der Waals surface area contributed by atoms with E-state index in [-0.39, 0.29) is 30.3 Å². The predicted octanol–water partition coefficient (Wildman–Crippen LogP) is 2.51. The van der Waals surface area contributed by atoms with Crippen LogP contribution in [-0.4, -0.2) is 25.7 Å². The maximum atomic E-state index is 12.5. The highest BCUT2D eigenvalue weighted by Gasteiger charge is 2.48. The van der Waals surface area contributed by atoms with Crippen LogP contribution in [0.2, 0.25) is 0 Å². The Morgan fingerprint density at radius 3 is 2.67 bits per heavy atom. The molecular formula is C18H27ClN2O3. The monoisotopic (exact) mass is 354 g/mol. The number of rotatable bonds is 6. The van der Waals surface area contributed by atoms with Crippen molar-refractivity contribution in [2.75, 3.05) is 13.7 Å². The first-order valence-electron chi connectivity index (χ1n) is 8.47. The molecule has 3 N–H and O–H groups in total. The molecule has 5 nitrogen and oxygen atoms in total. The topological polar surface area (TPSA) is 73.6 Å². The van der Waals surface area contributed by atoms with Crippen LogP contribution in [-0.2, 0) is 11.3 Å². The van der Waals surface area contributed by atoms with Crippen molar-refractivity contribution in [1.82, 2.24) is 5.32 Å². The number of nitrogens with one attached hydrogen (secondary N) is 1. The van der Waals surface area contributed by atoms with Gasteiger partial charge in [0.2, 0.25) is 5.91 Å². The molecule has 134 valence electrons. The SMILES string of the molecule is CCOc1cc(CNC(=O)C2C3CCC(C3)C2N)ccc1OC.Cl. The van der Waals surface area contributed by atoms with Gasteiger partial charge in [-0.25, -0.2) is 0 Å². The molecule has 2 aliphatic rings. The lowest BCUT2D eigenvalue weighted by molar-refractivity contribution is -0.127. The molecule has 2 aliphatic carbocycles. The van der Waals surface area contributed by atoms with Gasteiger partial charge in [0, 0.05) is 12.6 Å². The first kappa shape index (κ1) is 18.9. The van der Waals surface area contributed by atoms with Crippen LogP contribution in [0.4, 0.5) is 0 Å². The maximum Gasteiger partial charge on any atom is 0.225 e. The number of carbonyl (C=O) groups excluding carboxylic acids is 1. The van der Waals surface area contributed by atoms with Crippen molar-refractivity contribution in [1.29, 1.82) is 0 Å². The standard InChI is InChI=1S/C18H26N2O3.ClH/c1-3-23-15-8-11(4-7-14(15)22-2)10-20-18(21)16-12-5-6-13(9-12)17(16)19;/h4,7-8,12-13,16-17H,3,5-6,9-10,19H2,1-2H3,(H,20,21);1H. The highest BCUT2D eigenvalue weighted by atomic mass is 35.5. The summed E-state index contributed by atoms with van der Waals surface area (Å²) in [6.45, 7) is 3.00. The molecule has 24 heavy (non-hydrogen) atoms. The number of hydrogen-bond donors (Lipinski definition) is 2. The van der Waals surface area contributed by atoms with Gasteiger partial charge in [-0.2, -0.15) is 0 Å². The number of halogens is 1. The molecule has 0 aromatic heterocycles. The molecule has 3 rings (SSSR count). The summed E-state index contributed by atoms with van der Waals surface area (Å²) in [4.78, 5) is 12.5. The third-order valence-electron chi connectivity index (χ3n) is 5.28. The van der Waals surface area contributed by atoms with Gasteiger partial charge in [0.15, 0.2) is 11.5 Å². The minimum atomic E-state index is -0.0154. The molecule has 0 radical (unpaired) electrons. The van der Waals surface area contributed by atoms with Crippen molar-refractivity contribution in [3.63, 3.8) is 0 Å². The molecule has 2 fully saturated rings. The van der Waals surface area contributed by atoms with Crippen LogP contribution in [0.3, 0.4) is 0 Å². The van der Waals surface area contributed by atoms with Gasteiger partial charge in [-0.05, 0) is 55.7 Å². The summed E-state index contributed by atoms with van der Waals surface area (Å²) in [5.41, 5.74) is 7.24. The Labute approximate surface area is 149 Å². The lowest BCUT2D eigenvalue weighted by atomic mass is 9.84. The second kappa shape index (κ2) is 8.08. The van der Waals surface area contributed by atoms with Gasteiger partial charge in [0.25, 0.3) is 0 Å². The zero-order chi connectivity index (χ0) is 16.4. The average molecular weight is 355 g/mol. The van der Waals surface area contributed by atoms with E-state index >= 15 is 0 Å². The predicted molar refractivity (Wildman–Crippen MR) is 95.6 cm³/mol. The van der Waals surface area contributed by atoms with E-state index in [1.165, 1.54) is 6.42 Å². The van der Waals surface area contributed by atoms with Crippen molar-refractivity contribution in [3.8, 4) is 11.5 Å². The average Bonchev–Trinajstić information content (AvgIpc) is 3.14. The Balaban J connectivity index is 0.00000208. The van der Waals surface area contributed by atoms with Crippen LogP contribution >= 0.6 is 12.4 Å². The van der Waals surface area contributed by atoms with Crippen LogP contribution in [0.1, 0.15) is 31.7 Å². The fourth-order valence-corrected chi connectivity index (χ4v) is 4.13. The number of fused-ring (bicyclic) bond motifs is 2. The van der Waals surface area contributed by atoms with Gasteiger partial charge in [0.1, 0.15) is 0 Å². The summed E-state index contributed by atoms with van der Waals surface area (Å²) in [5, 5.41) is 3.05. The van der Waals surface area contributed by atoms with Crippen molar-refractivity contribution >= 4 is 18.3 Å². The van der Waals surface area contributed by atoms with Crippen molar-refractivity contribution in [2.24, 2.45) is 23.5 Å². The first-order valence-corrected chi connectivity index (χ1v) is 8.47. The van der Waals surface area contributed by atoms with Gasteiger partial charge >= 0.3 is 0 Å². The van der Waals surface area contributed by atoms with E-state index in [1.54, 1.807) is 7.11 Å². The van der Waals surface area contributed by atoms with Gasteiger partial charge in [-0.1, -0.05) is 6.07 Å². The fraction of sp³-hybridized carbons (Fsp3) is 0.611. The molecule has 0 saturated heterocycles. The number of amides is 1. The zero-order valence-electron chi connectivity index (χ0n) is 14.3. The Morgan fingerprint density at radius 1 is 1.29 bits per heavy atom. The Hall–Kier alpha value is -1.46. The quantitative estimate of drug-likeness (QED) is 0.823. The maximum absolute atomic E-state index is 12.5. The summed E-state index contributed by atoms with van der Waals surface area (Å²) < 4.78 is 10.9. The molecule has 4 atom stereocenters. The summed E-state index contributed by atoms with van der Waals surface area (Å²) in [7, 11) is 1.62. The van der Waals surface area contributed by atoms with E-state index in [4.69, 9.17) is 15.2 Å². The molecular weight excluding hydrogens is 328 g/mol. The van der Waals surface area contributed by atoms with Crippen LogP contribution in [0.15, 0.2) is 18.2 Å².